The Morgan fingerprint density at radius 1 is 1.35 bits per heavy atom. The lowest BCUT2D eigenvalue weighted by Crippen LogP contribution is -2.44. The molecule has 0 saturated carbocycles. The van der Waals surface area contributed by atoms with E-state index in [0.29, 0.717) is 18.5 Å². The van der Waals surface area contributed by atoms with Crippen molar-refractivity contribution in [1.82, 2.24) is 15.7 Å². The van der Waals surface area contributed by atoms with Crippen LogP contribution in [0.1, 0.15) is 47.7 Å². The normalized spacial score (nSPS) is 14.6. The first kappa shape index (κ1) is 20.5. The first-order chi connectivity index (χ1) is 12.5. The quantitative estimate of drug-likeness (QED) is 0.289. The van der Waals surface area contributed by atoms with Crippen molar-refractivity contribution >= 4 is 17.2 Å². The molecule has 2 aromatic rings. The van der Waals surface area contributed by atoms with Crippen LogP contribution in [0.4, 0.5) is 0 Å². The molecule has 1 amide bonds. The van der Waals surface area contributed by atoms with Crippen LogP contribution in [0, 0.1) is 5.92 Å². The zero-order chi connectivity index (χ0) is 18.9. The summed E-state index contributed by atoms with van der Waals surface area (Å²) in [7, 11) is 0. The molecule has 3 atom stereocenters. The lowest BCUT2D eigenvalue weighted by atomic mass is 9.95. The summed E-state index contributed by atoms with van der Waals surface area (Å²) in [6, 6.07) is 9.86. The molecule has 0 bridgehead atoms. The zero-order valence-electron chi connectivity index (χ0n) is 15.3. The Balaban J connectivity index is 2.07. The molecular weight excluding hydrogens is 348 g/mol. The number of hydrogen-bond acceptors (Lipinski definition) is 6. The van der Waals surface area contributed by atoms with E-state index in [4.69, 9.17) is 5.84 Å². The molecule has 0 aliphatic heterocycles. The number of carbonyl (C=O) groups excluding carboxylic acids is 1. The second kappa shape index (κ2) is 10.4. The van der Waals surface area contributed by atoms with Gasteiger partial charge in [-0.25, -0.2) is 10.4 Å². The molecule has 1 aromatic carbocycles. The van der Waals surface area contributed by atoms with Gasteiger partial charge in [0, 0.05) is 11.4 Å². The minimum Gasteiger partial charge on any atom is -0.377 e. The minimum atomic E-state index is -0.819. The summed E-state index contributed by atoms with van der Waals surface area (Å²) in [6.07, 6.45) is 2.35. The van der Waals surface area contributed by atoms with Crippen molar-refractivity contribution in [3.8, 4) is 0 Å². The van der Waals surface area contributed by atoms with Crippen molar-refractivity contribution in [2.24, 2.45) is 11.8 Å². The fraction of sp³-hybridized carbons (Fsp3) is 0.474. The van der Waals surface area contributed by atoms with Gasteiger partial charge in [-0.1, -0.05) is 44.2 Å². The van der Waals surface area contributed by atoms with Gasteiger partial charge in [0.25, 0.3) is 5.91 Å². The predicted octanol–water partition coefficient (Wildman–Crippen LogP) is 2.24. The molecule has 6 nitrogen and oxygen atoms in total. The van der Waals surface area contributed by atoms with Crippen LogP contribution in [-0.4, -0.2) is 28.3 Å². The number of hydrazine groups is 1. The maximum absolute atomic E-state index is 12.6. The molecule has 0 saturated heterocycles. The summed E-state index contributed by atoms with van der Waals surface area (Å²) in [5.41, 5.74) is 3.96. The standard InChI is InChI=1S/C19H28N4O2S/c1-3-7-17-22-16(12-26-17)19(25)21-15(10-13(2)18(24)23-20)11-14-8-5-4-6-9-14/h4-6,8-9,12-13,15,18,23-24H,3,7,10-11,20H2,1-2H3,(H,21,25). The van der Waals surface area contributed by atoms with Gasteiger partial charge in [0.1, 0.15) is 11.9 Å². The van der Waals surface area contributed by atoms with Crippen LogP contribution in [0.15, 0.2) is 35.7 Å². The average Bonchev–Trinajstić information content (AvgIpc) is 3.11. The fourth-order valence-electron chi connectivity index (χ4n) is 2.84. The molecule has 1 heterocycles. The molecule has 26 heavy (non-hydrogen) atoms. The van der Waals surface area contributed by atoms with Gasteiger partial charge in [-0.05, 0) is 37.2 Å². The predicted molar refractivity (Wildman–Crippen MR) is 105 cm³/mol. The molecule has 0 aliphatic rings. The molecular formula is C19H28N4O2S. The number of benzene rings is 1. The molecule has 1 aromatic heterocycles. The Morgan fingerprint density at radius 2 is 2.08 bits per heavy atom. The Bertz CT molecular complexity index is 677. The lowest BCUT2D eigenvalue weighted by Gasteiger charge is -2.25. The molecule has 142 valence electrons. The lowest BCUT2D eigenvalue weighted by molar-refractivity contribution is 0.0705. The van der Waals surface area contributed by atoms with Crippen molar-refractivity contribution in [2.75, 3.05) is 0 Å². The van der Waals surface area contributed by atoms with Gasteiger partial charge in [-0.3, -0.25) is 10.6 Å². The third-order valence-corrected chi connectivity index (χ3v) is 5.18. The van der Waals surface area contributed by atoms with Crippen LogP contribution < -0.4 is 16.6 Å². The number of nitrogens with one attached hydrogen (secondary N) is 2. The van der Waals surface area contributed by atoms with Crippen molar-refractivity contribution in [3.63, 3.8) is 0 Å². The molecule has 0 fully saturated rings. The third-order valence-electron chi connectivity index (χ3n) is 4.27. The van der Waals surface area contributed by atoms with Gasteiger partial charge in [-0.15, -0.1) is 11.3 Å². The van der Waals surface area contributed by atoms with E-state index in [-0.39, 0.29) is 17.9 Å². The number of aromatic nitrogens is 1. The van der Waals surface area contributed by atoms with Crippen LogP contribution >= 0.6 is 11.3 Å². The number of thiazole rings is 1. The summed E-state index contributed by atoms with van der Waals surface area (Å²) in [5, 5.41) is 15.8. The van der Waals surface area contributed by atoms with Gasteiger partial charge < -0.3 is 10.4 Å². The van der Waals surface area contributed by atoms with E-state index in [0.717, 1.165) is 23.4 Å². The Kier molecular flexibility index (Phi) is 8.18. The third kappa shape index (κ3) is 6.17. The van der Waals surface area contributed by atoms with Gasteiger partial charge >= 0.3 is 0 Å². The van der Waals surface area contributed by atoms with Crippen molar-refractivity contribution in [2.45, 2.75) is 51.8 Å². The summed E-state index contributed by atoms with van der Waals surface area (Å²) in [6.45, 7) is 3.99. The summed E-state index contributed by atoms with van der Waals surface area (Å²) in [4.78, 5) is 17.0. The maximum atomic E-state index is 12.6. The number of nitrogens with zero attached hydrogens (tertiary/aromatic N) is 1. The van der Waals surface area contributed by atoms with E-state index < -0.39 is 6.23 Å². The molecule has 0 spiro atoms. The smallest absolute Gasteiger partial charge is 0.270 e. The van der Waals surface area contributed by atoms with Crippen LogP contribution in [0.25, 0.3) is 0 Å². The summed E-state index contributed by atoms with van der Waals surface area (Å²) in [5.74, 6) is 5.04. The second-order valence-electron chi connectivity index (χ2n) is 6.56. The maximum Gasteiger partial charge on any atom is 0.270 e. The highest BCUT2D eigenvalue weighted by atomic mass is 32.1. The Morgan fingerprint density at radius 3 is 2.73 bits per heavy atom. The van der Waals surface area contributed by atoms with E-state index in [1.54, 1.807) is 5.38 Å². The number of hydrogen-bond donors (Lipinski definition) is 4. The Hall–Kier alpha value is -1.80. The summed E-state index contributed by atoms with van der Waals surface area (Å²) < 4.78 is 0. The van der Waals surface area contributed by atoms with Crippen molar-refractivity contribution in [3.05, 3.63) is 52.0 Å². The zero-order valence-corrected chi connectivity index (χ0v) is 16.1. The van der Waals surface area contributed by atoms with Crippen molar-refractivity contribution < 1.29 is 9.90 Å². The van der Waals surface area contributed by atoms with Crippen LogP contribution in [-0.2, 0) is 12.8 Å². The number of aliphatic hydroxyl groups excluding tert-OH is 1. The molecule has 5 N–H and O–H groups in total. The topological polar surface area (TPSA) is 100 Å². The van der Waals surface area contributed by atoms with E-state index in [2.05, 4.69) is 22.7 Å². The van der Waals surface area contributed by atoms with E-state index >= 15 is 0 Å². The van der Waals surface area contributed by atoms with Gasteiger partial charge in [0.05, 0.1) is 5.01 Å². The van der Waals surface area contributed by atoms with E-state index in [9.17, 15) is 9.90 Å². The molecule has 7 heteroatoms. The molecule has 3 unspecified atom stereocenters. The van der Waals surface area contributed by atoms with Gasteiger partial charge in [0.15, 0.2) is 0 Å². The number of rotatable bonds is 10. The van der Waals surface area contributed by atoms with Crippen LogP contribution in [0.3, 0.4) is 0 Å². The summed E-state index contributed by atoms with van der Waals surface area (Å²) >= 11 is 1.52. The monoisotopic (exact) mass is 376 g/mol. The number of nitrogens with two attached hydrogens (primary N) is 1. The first-order valence-corrected chi connectivity index (χ1v) is 9.84. The van der Waals surface area contributed by atoms with Gasteiger partial charge in [0.2, 0.25) is 0 Å². The number of carbonyl (C=O) groups is 1. The van der Waals surface area contributed by atoms with Crippen LogP contribution in [0.5, 0.6) is 0 Å². The molecule has 0 aliphatic carbocycles. The van der Waals surface area contributed by atoms with Crippen LogP contribution in [0.2, 0.25) is 0 Å². The highest BCUT2D eigenvalue weighted by Crippen LogP contribution is 2.16. The second-order valence-corrected chi connectivity index (χ2v) is 7.50. The highest BCUT2D eigenvalue weighted by Gasteiger charge is 2.22. The molecule has 0 radical (unpaired) electrons. The number of aliphatic hydroxyl groups is 1. The SMILES string of the molecule is CCCc1nc(C(=O)NC(Cc2ccccc2)CC(C)C(O)NN)cs1. The number of aryl methyl sites for hydroxylation is 1. The Labute approximate surface area is 158 Å². The van der Waals surface area contributed by atoms with E-state index in [1.165, 1.54) is 11.3 Å². The first-order valence-electron chi connectivity index (χ1n) is 8.96. The fourth-order valence-corrected chi connectivity index (χ4v) is 3.72. The minimum absolute atomic E-state index is 0.111. The van der Waals surface area contributed by atoms with Crippen molar-refractivity contribution in [1.29, 1.82) is 0 Å². The molecule has 2 rings (SSSR count). The van der Waals surface area contributed by atoms with Gasteiger partial charge in [-0.2, -0.15) is 0 Å². The largest absolute Gasteiger partial charge is 0.377 e. The van der Waals surface area contributed by atoms with E-state index in [1.807, 2.05) is 37.3 Å². The average molecular weight is 377 g/mol. The highest BCUT2D eigenvalue weighted by molar-refractivity contribution is 7.09. The number of amides is 1.